The molecule has 0 saturated heterocycles. The maximum atomic E-state index is 6.94. The summed E-state index contributed by atoms with van der Waals surface area (Å²) in [7, 11) is 0. The van der Waals surface area contributed by atoms with Crippen LogP contribution in [0, 0.1) is 6.92 Å². The zero-order valence-electron chi connectivity index (χ0n) is 26.3. The quantitative estimate of drug-likeness (QED) is 0.197. The molecule has 2 heterocycles. The molecule has 0 aliphatic carbocycles. The molecule has 0 atom stereocenters. The van der Waals surface area contributed by atoms with Gasteiger partial charge in [0.05, 0.1) is 11.4 Å². The largest absolute Gasteiger partial charge is 0.456 e. The third-order valence-corrected chi connectivity index (χ3v) is 9.69. The lowest BCUT2D eigenvalue weighted by Gasteiger charge is -2.27. The Labute approximate surface area is 276 Å². The molecule has 0 saturated carbocycles. The molecule has 0 aliphatic heterocycles. The van der Waals surface area contributed by atoms with Crippen LogP contribution in [0.25, 0.3) is 76.5 Å². The molecule has 8 aromatic carbocycles. The van der Waals surface area contributed by atoms with Crippen molar-refractivity contribution in [3.8, 4) is 11.1 Å². The molecule has 0 spiro atoms. The lowest BCUT2D eigenvalue weighted by molar-refractivity contribution is 0.668. The molecule has 3 nitrogen and oxygen atoms in total. The topological polar surface area (TPSA) is 29.5 Å². The van der Waals surface area contributed by atoms with Crippen LogP contribution < -0.4 is 4.90 Å². The highest BCUT2D eigenvalue weighted by molar-refractivity contribution is 6.24. The first kappa shape index (κ1) is 26.9. The highest BCUT2D eigenvalue weighted by Crippen LogP contribution is 2.48. The third-order valence-electron chi connectivity index (χ3n) is 9.69. The summed E-state index contributed by atoms with van der Waals surface area (Å²) < 4.78 is 13.6. The van der Waals surface area contributed by atoms with Crippen LogP contribution in [0.4, 0.5) is 17.1 Å². The van der Waals surface area contributed by atoms with Gasteiger partial charge in [-0.05, 0) is 59.0 Å². The Hall–Kier alpha value is -6.32. The fraction of sp³-hybridized carbons (Fsp3) is 0.0222. The van der Waals surface area contributed by atoms with E-state index in [1.807, 2.05) is 6.07 Å². The van der Waals surface area contributed by atoms with Crippen LogP contribution in [-0.2, 0) is 0 Å². The number of rotatable bonds is 4. The molecule has 0 radical (unpaired) electrons. The minimum atomic E-state index is 0.844. The van der Waals surface area contributed by atoms with Crippen molar-refractivity contribution in [2.75, 3.05) is 4.90 Å². The minimum Gasteiger partial charge on any atom is -0.456 e. The number of anilines is 3. The van der Waals surface area contributed by atoms with Gasteiger partial charge in [0.2, 0.25) is 0 Å². The Morgan fingerprint density at radius 1 is 0.438 bits per heavy atom. The van der Waals surface area contributed by atoms with Gasteiger partial charge in [0.25, 0.3) is 0 Å². The van der Waals surface area contributed by atoms with E-state index >= 15 is 0 Å². The number of nitrogens with zero attached hydrogens (tertiary/aromatic N) is 1. The predicted molar refractivity (Wildman–Crippen MR) is 201 cm³/mol. The van der Waals surface area contributed by atoms with Crippen molar-refractivity contribution in [2.45, 2.75) is 6.92 Å². The number of hydrogen-bond acceptors (Lipinski definition) is 3. The first-order valence-electron chi connectivity index (χ1n) is 16.3. The highest BCUT2D eigenvalue weighted by atomic mass is 16.3. The summed E-state index contributed by atoms with van der Waals surface area (Å²) in [5.41, 5.74) is 9.94. The number of fused-ring (bicyclic) bond motifs is 9. The molecular weight excluding hydrogens is 587 g/mol. The lowest BCUT2D eigenvalue weighted by Crippen LogP contribution is -2.11. The SMILES string of the molecule is Cc1ccc(N(c2cc3oc4cc5ccccc5cc4c3c3ccccc23)c2cccc3c2oc2c(-c4ccccc4)cccc23)cc1. The van der Waals surface area contributed by atoms with Crippen molar-refractivity contribution in [3.63, 3.8) is 0 Å². The normalized spacial score (nSPS) is 11.9. The van der Waals surface area contributed by atoms with Gasteiger partial charge in [-0.3, -0.25) is 0 Å². The second-order valence-electron chi connectivity index (χ2n) is 12.6. The van der Waals surface area contributed by atoms with Gasteiger partial charge in [0.15, 0.2) is 5.58 Å². The predicted octanol–water partition coefficient (Wildman–Crippen LogP) is 13.2. The maximum absolute atomic E-state index is 6.94. The molecule has 0 aliphatic rings. The van der Waals surface area contributed by atoms with Crippen LogP contribution in [0.15, 0.2) is 167 Å². The summed E-state index contributed by atoms with van der Waals surface area (Å²) in [6, 6.07) is 55.9. The van der Waals surface area contributed by atoms with Gasteiger partial charge in [-0.1, -0.05) is 127 Å². The Morgan fingerprint density at radius 3 is 1.92 bits per heavy atom. The number of hydrogen-bond donors (Lipinski definition) is 0. The zero-order valence-corrected chi connectivity index (χ0v) is 26.3. The van der Waals surface area contributed by atoms with Gasteiger partial charge >= 0.3 is 0 Å². The van der Waals surface area contributed by atoms with E-state index in [0.717, 1.165) is 82.8 Å². The van der Waals surface area contributed by atoms with Gasteiger partial charge in [-0.15, -0.1) is 0 Å². The van der Waals surface area contributed by atoms with Crippen LogP contribution in [0.2, 0.25) is 0 Å². The fourth-order valence-corrected chi connectivity index (χ4v) is 7.42. The van der Waals surface area contributed by atoms with Crippen molar-refractivity contribution < 1.29 is 8.83 Å². The smallest absolute Gasteiger partial charge is 0.159 e. The number of para-hydroxylation sites is 2. The second kappa shape index (κ2) is 10.3. The highest BCUT2D eigenvalue weighted by Gasteiger charge is 2.24. The van der Waals surface area contributed by atoms with Crippen LogP contribution >= 0.6 is 0 Å². The monoisotopic (exact) mass is 615 g/mol. The van der Waals surface area contributed by atoms with Gasteiger partial charge in [-0.25, -0.2) is 0 Å². The van der Waals surface area contributed by atoms with E-state index in [1.165, 1.54) is 16.3 Å². The number of aryl methyl sites for hydroxylation is 1. The molecule has 0 bridgehead atoms. The van der Waals surface area contributed by atoms with E-state index in [9.17, 15) is 0 Å². The molecule has 48 heavy (non-hydrogen) atoms. The molecule has 3 heteroatoms. The van der Waals surface area contributed by atoms with E-state index in [2.05, 4.69) is 163 Å². The molecule has 10 aromatic rings. The summed E-state index contributed by atoms with van der Waals surface area (Å²) in [4.78, 5) is 2.33. The zero-order chi connectivity index (χ0) is 31.8. The van der Waals surface area contributed by atoms with Crippen molar-refractivity contribution in [3.05, 3.63) is 163 Å². The summed E-state index contributed by atoms with van der Waals surface area (Å²) in [5, 5.41) is 9.10. The average molecular weight is 616 g/mol. The average Bonchev–Trinajstić information content (AvgIpc) is 3.70. The molecule has 0 fully saturated rings. The molecule has 226 valence electrons. The van der Waals surface area contributed by atoms with E-state index in [-0.39, 0.29) is 0 Å². The number of furan rings is 2. The first-order valence-corrected chi connectivity index (χ1v) is 16.3. The summed E-state index contributed by atoms with van der Waals surface area (Å²) in [6.07, 6.45) is 0. The van der Waals surface area contributed by atoms with E-state index in [4.69, 9.17) is 8.83 Å². The molecule has 10 rings (SSSR count). The first-order chi connectivity index (χ1) is 23.7. The fourth-order valence-electron chi connectivity index (χ4n) is 7.42. The number of benzene rings is 8. The Balaban J connectivity index is 1.29. The van der Waals surface area contributed by atoms with Crippen molar-refractivity contribution in [2.24, 2.45) is 0 Å². The Bertz CT molecular complexity index is 2840. The van der Waals surface area contributed by atoms with E-state index in [1.54, 1.807) is 0 Å². The van der Waals surface area contributed by atoms with Crippen LogP contribution in [-0.4, -0.2) is 0 Å². The molecule has 0 unspecified atom stereocenters. The molecule has 0 N–H and O–H groups in total. The van der Waals surface area contributed by atoms with Gasteiger partial charge in [-0.2, -0.15) is 0 Å². The van der Waals surface area contributed by atoms with Crippen LogP contribution in [0.1, 0.15) is 5.56 Å². The summed E-state index contributed by atoms with van der Waals surface area (Å²) in [6.45, 7) is 2.12. The van der Waals surface area contributed by atoms with Gasteiger partial charge < -0.3 is 13.7 Å². The third kappa shape index (κ3) is 4.01. The minimum absolute atomic E-state index is 0.844. The van der Waals surface area contributed by atoms with Crippen LogP contribution in [0.3, 0.4) is 0 Å². The van der Waals surface area contributed by atoms with Crippen molar-refractivity contribution >= 4 is 82.5 Å². The van der Waals surface area contributed by atoms with Gasteiger partial charge in [0.1, 0.15) is 16.7 Å². The molecular formula is C45H29NO2. The van der Waals surface area contributed by atoms with E-state index < -0.39 is 0 Å². The van der Waals surface area contributed by atoms with Crippen molar-refractivity contribution in [1.29, 1.82) is 0 Å². The van der Waals surface area contributed by atoms with Crippen LogP contribution in [0.5, 0.6) is 0 Å². The van der Waals surface area contributed by atoms with Gasteiger partial charge in [0, 0.05) is 44.2 Å². The summed E-state index contributed by atoms with van der Waals surface area (Å²) >= 11 is 0. The Kier molecular flexibility index (Phi) is 5.79. The second-order valence-corrected chi connectivity index (χ2v) is 12.6. The summed E-state index contributed by atoms with van der Waals surface area (Å²) in [5.74, 6) is 0. The lowest BCUT2D eigenvalue weighted by atomic mass is 9.99. The van der Waals surface area contributed by atoms with Crippen molar-refractivity contribution in [1.82, 2.24) is 0 Å². The maximum Gasteiger partial charge on any atom is 0.159 e. The Morgan fingerprint density at radius 2 is 1.10 bits per heavy atom. The standard InChI is InChI=1S/C45H29NO2/c1-28-21-23-32(24-22-28)46(39-20-10-19-37-36-18-9-17-33(44(36)48-45(37)39)29-11-3-2-4-12-29)40-27-42-43(35-16-8-7-15-34(35)40)38-25-30-13-5-6-14-31(30)26-41(38)47-42/h2-27H,1H3. The molecule has 0 amide bonds. The van der Waals surface area contributed by atoms with E-state index in [0.29, 0.717) is 0 Å². The molecule has 2 aromatic heterocycles.